The maximum atomic E-state index is 11.6. The zero-order valence-corrected chi connectivity index (χ0v) is 12.3. The van der Waals surface area contributed by atoms with Crippen molar-refractivity contribution in [2.45, 2.75) is 20.0 Å². The summed E-state index contributed by atoms with van der Waals surface area (Å²) >= 11 is 1.11. The van der Waals surface area contributed by atoms with Crippen molar-refractivity contribution in [3.63, 3.8) is 0 Å². The first-order valence-electron chi connectivity index (χ1n) is 6.13. The molecule has 2 N–H and O–H groups in total. The molecular weight excluding hydrogens is 276 g/mol. The molecule has 1 fully saturated rings. The van der Waals surface area contributed by atoms with Gasteiger partial charge in [-0.25, -0.2) is 0 Å². The van der Waals surface area contributed by atoms with Crippen LogP contribution in [0.2, 0.25) is 0 Å². The van der Waals surface area contributed by atoms with E-state index < -0.39 is 0 Å². The topological polar surface area (TPSA) is 71.4 Å². The highest BCUT2D eigenvalue weighted by atomic mass is 32.2. The van der Waals surface area contributed by atoms with E-state index >= 15 is 0 Å². The maximum Gasteiger partial charge on any atom is 0.264 e. The quantitative estimate of drug-likeness (QED) is 0.837. The number of nitrogens with one attached hydrogen (secondary N) is 2. The molecule has 0 spiro atoms. The smallest absolute Gasteiger partial charge is 0.264 e. The SMILES string of the molecule is COc1cc(C=C2SC(=N)NC2=O)ccc1OC(C)C. The number of methoxy groups -OCH3 is 1. The molecule has 0 aliphatic carbocycles. The highest BCUT2D eigenvalue weighted by Crippen LogP contribution is 2.31. The number of hydrogen-bond acceptors (Lipinski definition) is 5. The standard InChI is InChI=1S/C14H16N2O3S/c1-8(2)19-10-5-4-9(6-11(10)18-3)7-12-13(17)16-14(15)20-12/h4-8H,1-3H3,(H2,15,16,17). The lowest BCUT2D eigenvalue weighted by atomic mass is 10.2. The zero-order chi connectivity index (χ0) is 14.7. The van der Waals surface area contributed by atoms with Crippen LogP contribution in [0.5, 0.6) is 11.5 Å². The van der Waals surface area contributed by atoms with Crippen molar-refractivity contribution >= 4 is 28.9 Å². The number of amidine groups is 1. The minimum absolute atomic E-state index is 0.0599. The lowest BCUT2D eigenvalue weighted by molar-refractivity contribution is -0.115. The monoisotopic (exact) mass is 292 g/mol. The van der Waals surface area contributed by atoms with E-state index in [1.165, 1.54) is 0 Å². The molecule has 20 heavy (non-hydrogen) atoms. The number of rotatable bonds is 4. The summed E-state index contributed by atoms with van der Waals surface area (Å²) in [6.07, 6.45) is 1.79. The zero-order valence-electron chi connectivity index (χ0n) is 11.5. The van der Waals surface area contributed by atoms with Gasteiger partial charge in [0.05, 0.1) is 18.1 Å². The van der Waals surface area contributed by atoms with Gasteiger partial charge in [0.25, 0.3) is 5.91 Å². The van der Waals surface area contributed by atoms with Crippen LogP contribution in [0.1, 0.15) is 19.4 Å². The van der Waals surface area contributed by atoms with E-state index in [0.717, 1.165) is 17.3 Å². The first kappa shape index (κ1) is 14.5. The molecule has 106 valence electrons. The Morgan fingerprint density at radius 1 is 1.35 bits per heavy atom. The van der Waals surface area contributed by atoms with Crippen molar-refractivity contribution in [1.29, 1.82) is 5.41 Å². The average molecular weight is 292 g/mol. The summed E-state index contributed by atoms with van der Waals surface area (Å²) in [6.45, 7) is 3.89. The molecule has 5 nitrogen and oxygen atoms in total. The number of hydrogen-bond donors (Lipinski definition) is 2. The summed E-state index contributed by atoms with van der Waals surface area (Å²) in [7, 11) is 1.58. The van der Waals surface area contributed by atoms with Gasteiger partial charge in [-0.1, -0.05) is 6.07 Å². The molecule has 1 amide bonds. The second-order valence-corrected chi connectivity index (χ2v) is 5.52. The molecule has 1 aromatic carbocycles. The number of ether oxygens (including phenoxy) is 2. The Bertz CT molecular complexity index is 582. The molecule has 0 saturated carbocycles. The van der Waals surface area contributed by atoms with Crippen LogP contribution in [0.15, 0.2) is 23.1 Å². The Morgan fingerprint density at radius 3 is 2.65 bits per heavy atom. The van der Waals surface area contributed by atoms with Crippen LogP contribution in [0.4, 0.5) is 0 Å². The number of benzene rings is 1. The molecule has 1 aliphatic rings. The Kier molecular flexibility index (Phi) is 4.34. The van der Waals surface area contributed by atoms with Gasteiger partial charge >= 0.3 is 0 Å². The van der Waals surface area contributed by atoms with Crippen LogP contribution in [0.3, 0.4) is 0 Å². The van der Waals surface area contributed by atoms with Crippen LogP contribution >= 0.6 is 11.8 Å². The molecule has 0 radical (unpaired) electrons. The number of amides is 1. The third-order valence-electron chi connectivity index (χ3n) is 2.51. The van der Waals surface area contributed by atoms with Gasteiger partial charge in [0.1, 0.15) is 0 Å². The van der Waals surface area contributed by atoms with Gasteiger partial charge in [-0.05, 0) is 49.4 Å². The second-order valence-electron chi connectivity index (χ2n) is 4.47. The Morgan fingerprint density at radius 2 is 2.10 bits per heavy atom. The lowest BCUT2D eigenvalue weighted by Gasteiger charge is -2.13. The van der Waals surface area contributed by atoms with E-state index in [1.807, 2.05) is 26.0 Å². The third kappa shape index (κ3) is 3.33. The second kappa shape index (κ2) is 6.00. The van der Waals surface area contributed by atoms with Crippen molar-refractivity contribution in [3.05, 3.63) is 28.7 Å². The molecule has 0 unspecified atom stereocenters. The van der Waals surface area contributed by atoms with E-state index in [0.29, 0.717) is 16.4 Å². The fourth-order valence-electron chi connectivity index (χ4n) is 1.72. The summed E-state index contributed by atoms with van der Waals surface area (Å²) < 4.78 is 10.9. The van der Waals surface area contributed by atoms with Crippen LogP contribution in [-0.2, 0) is 4.79 Å². The van der Waals surface area contributed by atoms with Crippen molar-refractivity contribution < 1.29 is 14.3 Å². The first-order valence-corrected chi connectivity index (χ1v) is 6.95. The predicted octanol–water partition coefficient (Wildman–Crippen LogP) is 2.62. The molecule has 1 aromatic rings. The van der Waals surface area contributed by atoms with Gasteiger partial charge in [-0.3, -0.25) is 10.2 Å². The van der Waals surface area contributed by atoms with Crippen LogP contribution < -0.4 is 14.8 Å². The predicted molar refractivity (Wildman–Crippen MR) is 80.2 cm³/mol. The molecule has 1 saturated heterocycles. The summed E-state index contributed by atoms with van der Waals surface area (Å²) in [4.78, 5) is 12.1. The Balaban J connectivity index is 2.28. The number of carbonyl (C=O) groups excluding carboxylic acids is 1. The van der Waals surface area contributed by atoms with Crippen molar-refractivity contribution in [1.82, 2.24) is 5.32 Å². The van der Waals surface area contributed by atoms with E-state index in [4.69, 9.17) is 14.9 Å². The van der Waals surface area contributed by atoms with Crippen LogP contribution in [-0.4, -0.2) is 24.3 Å². The maximum absolute atomic E-state index is 11.6. The van der Waals surface area contributed by atoms with E-state index in [1.54, 1.807) is 19.3 Å². The van der Waals surface area contributed by atoms with Crippen molar-refractivity contribution in [2.24, 2.45) is 0 Å². The van der Waals surface area contributed by atoms with Gasteiger partial charge in [-0.15, -0.1) is 0 Å². The first-order chi connectivity index (χ1) is 9.49. The summed E-state index contributed by atoms with van der Waals surface area (Å²) in [5, 5.41) is 9.99. The molecule has 0 bridgehead atoms. The molecule has 0 atom stereocenters. The van der Waals surface area contributed by atoms with E-state index in [9.17, 15) is 4.79 Å². The highest BCUT2D eigenvalue weighted by molar-refractivity contribution is 8.18. The minimum atomic E-state index is -0.249. The molecular formula is C14H16N2O3S. The molecule has 1 heterocycles. The largest absolute Gasteiger partial charge is 0.493 e. The molecule has 6 heteroatoms. The van der Waals surface area contributed by atoms with Crippen molar-refractivity contribution in [3.8, 4) is 11.5 Å². The minimum Gasteiger partial charge on any atom is -0.493 e. The molecule has 0 aromatic heterocycles. The summed E-state index contributed by atoms with van der Waals surface area (Å²) in [5.74, 6) is 1.04. The normalized spacial score (nSPS) is 16.7. The fourth-order valence-corrected chi connectivity index (χ4v) is 2.42. The lowest BCUT2D eigenvalue weighted by Crippen LogP contribution is -2.18. The Hall–Kier alpha value is -1.95. The van der Waals surface area contributed by atoms with Crippen molar-refractivity contribution in [2.75, 3.05) is 7.11 Å². The summed E-state index contributed by atoms with van der Waals surface area (Å²) in [6, 6.07) is 5.47. The van der Waals surface area contributed by atoms with Crippen LogP contribution in [0, 0.1) is 5.41 Å². The van der Waals surface area contributed by atoms with Gasteiger partial charge in [0, 0.05) is 0 Å². The average Bonchev–Trinajstić information content (AvgIpc) is 2.69. The van der Waals surface area contributed by atoms with E-state index in [2.05, 4.69) is 5.32 Å². The number of thioether (sulfide) groups is 1. The van der Waals surface area contributed by atoms with Gasteiger partial charge < -0.3 is 14.8 Å². The highest BCUT2D eigenvalue weighted by Gasteiger charge is 2.22. The van der Waals surface area contributed by atoms with Crippen LogP contribution in [0.25, 0.3) is 6.08 Å². The molecule has 2 rings (SSSR count). The van der Waals surface area contributed by atoms with Gasteiger partial charge in [-0.2, -0.15) is 0 Å². The van der Waals surface area contributed by atoms with Gasteiger partial charge in [0.15, 0.2) is 16.7 Å². The Labute approximate surface area is 121 Å². The number of carbonyl (C=O) groups is 1. The third-order valence-corrected chi connectivity index (χ3v) is 3.34. The summed E-state index contributed by atoms with van der Waals surface area (Å²) in [5.41, 5.74) is 0.824. The van der Waals surface area contributed by atoms with E-state index in [-0.39, 0.29) is 17.2 Å². The van der Waals surface area contributed by atoms with Gasteiger partial charge in [0.2, 0.25) is 0 Å². The molecule has 1 aliphatic heterocycles. The fraction of sp³-hybridized carbons (Fsp3) is 0.286.